The summed E-state index contributed by atoms with van der Waals surface area (Å²) in [6.07, 6.45) is 1.63. The van der Waals surface area contributed by atoms with Crippen molar-refractivity contribution >= 4 is 16.0 Å². The number of nitrogens with two attached hydrogens (primary N) is 1. The van der Waals surface area contributed by atoms with Crippen LogP contribution >= 0.6 is 0 Å². The average molecular weight is 317 g/mol. The highest BCUT2D eigenvalue weighted by Gasteiger charge is 2.20. The van der Waals surface area contributed by atoms with Gasteiger partial charge in [-0.25, -0.2) is 22.7 Å². The zero-order valence-corrected chi connectivity index (χ0v) is 13.2. The summed E-state index contributed by atoms with van der Waals surface area (Å²) in [5.74, 6) is -1.13. The third kappa shape index (κ3) is 5.09. The van der Waals surface area contributed by atoms with Gasteiger partial charge in [-0.1, -0.05) is 13.8 Å². The van der Waals surface area contributed by atoms with Crippen molar-refractivity contribution in [2.75, 3.05) is 6.61 Å². The molecule has 0 aliphatic heterocycles. The molecule has 0 aliphatic carbocycles. The van der Waals surface area contributed by atoms with Gasteiger partial charge in [0.25, 0.3) is 0 Å². The fourth-order valence-corrected chi connectivity index (χ4v) is 2.50. The molecule has 1 aromatic carbocycles. The fourth-order valence-electron chi connectivity index (χ4n) is 1.80. The summed E-state index contributed by atoms with van der Waals surface area (Å²) in [5, 5.41) is 4.93. The molecule has 0 saturated carbocycles. The first-order valence-corrected chi connectivity index (χ1v) is 8.17. The van der Waals surface area contributed by atoms with Crippen molar-refractivity contribution in [1.29, 1.82) is 0 Å². The number of hydrogen-bond donors (Lipinski definition) is 1. The third-order valence-corrected chi connectivity index (χ3v) is 3.83. The lowest BCUT2D eigenvalue weighted by molar-refractivity contribution is 0.0494. The van der Waals surface area contributed by atoms with E-state index in [0.29, 0.717) is 12.3 Å². The number of halogens is 1. The van der Waals surface area contributed by atoms with E-state index in [0.717, 1.165) is 12.5 Å². The van der Waals surface area contributed by atoms with E-state index in [-0.39, 0.29) is 17.7 Å². The standard InChI is InChI=1S/C14H20FNO4S/c1-9(2)5-4-6-20-14(17)11-7-10(3)13(15)12(8-11)21(16,18)19/h7-9H,4-6H2,1-3H3,(H2,16,18,19). The van der Waals surface area contributed by atoms with Gasteiger partial charge >= 0.3 is 5.97 Å². The van der Waals surface area contributed by atoms with Gasteiger partial charge in [0, 0.05) is 0 Å². The molecule has 0 atom stereocenters. The van der Waals surface area contributed by atoms with E-state index in [1.54, 1.807) is 0 Å². The van der Waals surface area contributed by atoms with E-state index in [2.05, 4.69) is 13.8 Å². The first kappa shape index (κ1) is 17.6. The van der Waals surface area contributed by atoms with Gasteiger partial charge in [0.05, 0.1) is 12.2 Å². The summed E-state index contributed by atoms with van der Waals surface area (Å²) in [4.78, 5) is 11.2. The molecule has 0 bridgehead atoms. The molecule has 5 nitrogen and oxygen atoms in total. The monoisotopic (exact) mass is 317 g/mol. The Balaban J connectivity index is 2.89. The Morgan fingerprint density at radius 3 is 2.52 bits per heavy atom. The van der Waals surface area contributed by atoms with Crippen LogP contribution in [0.3, 0.4) is 0 Å². The Bertz CT molecular complexity index is 626. The maximum atomic E-state index is 13.7. The second-order valence-corrected chi connectivity index (χ2v) is 6.85. The molecule has 1 aromatic rings. The Morgan fingerprint density at radius 1 is 1.38 bits per heavy atom. The van der Waals surface area contributed by atoms with Crippen molar-refractivity contribution in [2.45, 2.75) is 38.5 Å². The fraction of sp³-hybridized carbons (Fsp3) is 0.500. The van der Waals surface area contributed by atoms with Crippen molar-refractivity contribution in [3.63, 3.8) is 0 Å². The van der Waals surface area contributed by atoms with Gasteiger partial charge in [-0.15, -0.1) is 0 Å². The predicted octanol–water partition coefficient (Wildman–Crippen LogP) is 2.37. The van der Waals surface area contributed by atoms with E-state index in [4.69, 9.17) is 9.88 Å². The van der Waals surface area contributed by atoms with E-state index in [1.165, 1.54) is 13.0 Å². The molecule has 0 fully saturated rings. The van der Waals surface area contributed by atoms with Gasteiger partial charge in [0.1, 0.15) is 10.7 Å². The first-order chi connectivity index (χ1) is 9.62. The number of esters is 1. The van der Waals surface area contributed by atoms with Crippen LogP contribution in [0.4, 0.5) is 4.39 Å². The Morgan fingerprint density at radius 2 is 2.00 bits per heavy atom. The maximum Gasteiger partial charge on any atom is 0.338 e. The Kier molecular flexibility index (Phi) is 5.86. The molecule has 1 rings (SSSR count). The van der Waals surface area contributed by atoms with Crippen LogP contribution in [0.5, 0.6) is 0 Å². The number of aryl methyl sites for hydroxylation is 1. The lowest BCUT2D eigenvalue weighted by atomic mass is 10.1. The van der Waals surface area contributed by atoms with Crippen molar-refractivity contribution in [1.82, 2.24) is 0 Å². The molecule has 7 heteroatoms. The van der Waals surface area contributed by atoms with Crippen LogP contribution in [0.25, 0.3) is 0 Å². The number of ether oxygens (including phenoxy) is 1. The van der Waals surface area contributed by atoms with Gasteiger partial charge in [-0.2, -0.15) is 0 Å². The Hall–Kier alpha value is -1.47. The molecule has 0 saturated heterocycles. The molecule has 21 heavy (non-hydrogen) atoms. The molecule has 0 aromatic heterocycles. The minimum Gasteiger partial charge on any atom is -0.462 e. The molecule has 0 radical (unpaired) electrons. The summed E-state index contributed by atoms with van der Waals surface area (Å²) in [6.45, 7) is 5.71. The van der Waals surface area contributed by atoms with E-state index in [9.17, 15) is 17.6 Å². The van der Waals surface area contributed by atoms with Crippen LogP contribution in [0.1, 0.15) is 42.6 Å². The van der Waals surface area contributed by atoms with Crippen LogP contribution in [-0.4, -0.2) is 21.0 Å². The van der Waals surface area contributed by atoms with Crippen LogP contribution in [-0.2, 0) is 14.8 Å². The second kappa shape index (κ2) is 7.00. The topological polar surface area (TPSA) is 86.5 Å². The summed E-state index contributed by atoms with van der Waals surface area (Å²) in [5.41, 5.74) is -0.00173. The number of benzene rings is 1. The van der Waals surface area contributed by atoms with Gasteiger partial charge in [0.2, 0.25) is 10.0 Å². The van der Waals surface area contributed by atoms with E-state index in [1.807, 2.05) is 0 Å². The number of rotatable bonds is 6. The minimum absolute atomic E-state index is 0.0238. The molecule has 118 valence electrons. The van der Waals surface area contributed by atoms with E-state index >= 15 is 0 Å². The SMILES string of the molecule is Cc1cc(C(=O)OCCCC(C)C)cc(S(N)(=O)=O)c1F. The average Bonchev–Trinajstić information content (AvgIpc) is 2.35. The van der Waals surface area contributed by atoms with Gasteiger partial charge < -0.3 is 4.74 Å². The van der Waals surface area contributed by atoms with Crippen molar-refractivity contribution in [2.24, 2.45) is 11.1 Å². The number of carbonyl (C=O) groups is 1. The zero-order chi connectivity index (χ0) is 16.2. The Labute approximate surface area is 124 Å². The van der Waals surface area contributed by atoms with Crippen LogP contribution in [0.2, 0.25) is 0 Å². The summed E-state index contributed by atoms with van der Waals surface area (Å²) < 4.78 is 41.4. The number of carbonyl (C=O) groups excluding carboxylic acids is 1. The molecule has 2 N–H and O–H groups in total. The van der Waals surface area contributed by atoms with Crippen molar-refractivity contribution in [3.05, 3.63) is 29.1 Å². The van der Waals surface area contributed by atoms with Gasteiger partial charge in [-0.05, 0) is 43.4 Å². The summed E-state index contributed by atoms with van der Waals surface area (Å²) in [7, 11) is -4.23. The van der Waals surface area contributed by atoms with Crippen molar-refractivity contribution in [3.8, 4) is 0 Å². The molecule has 0 amide bonds. The van der Waals surface area contributed by atoms with Crippen LogP contribution in [0.15, 0.2) is 17.0 Å². The van der Waals surface area contributed by atoms with Crippen LogP contribution < -0.4 is 5.14 Å². The largest absolute Gasteiger partial charge is 0.462 e. The van der Waals surface area contributed by atoms with Crippen LogP contribution in [0, 0.1) is 18.7 Å². The first-order valence-electron chi connectivity index (χ1n) is 6.63. The lowest BCUT2D eigenvalue weighted by Gasteiger charge is -2.09. The lowest BCUT2D eigenvalue weighted by Crippen LogP contribution is -2.17. The molecule has 0 spiro atoms. The third-order valence-electron chi connectivity index (χ3n) is 2.92. The molecule has 0 heterocycles. The predicted molar refractivity (Wildman–Crippen MR) is 76.9 cm³/mol. The second-order valence-electron chi connectivity index (χ2n) is 5.32. The molecule has 0 aliphatic rings. The van der Waals surface area contributed by atoms with Crippen molar-refractivity contribution < 1.29 is 22.3 Å². The number of primary sulfonamides is 1. The normalized spacial score (nSPS) is 11.7. The minimum atomic E-state index is -4.23. The highest BCUT2D eigenvalue weighted by molar-refractivity contribution is 7.89. The highest BCUT2D eigenvalue weighted by atomic mass is 32.2. The highest BCUT2D eigenvalue weighted by Crippen LogP contribution is 2.20. The van der Waals surface area contributed by atoms with Gasteiger partial charge in [0.15, 0.2) is 0 Å². The smallest absolute Gasteiger partial charge is 0.338 e. The zero-order valence-electron chi connectivity index (χ0n) is 12.3. The van der Waals surface area contributed by atoms with E-state index < -0.39 is 26.7 Å². The maximum absolute atomic E-state index is 13.7. The molecular formula is C14H20FNO4S. The molecule has 0 unspecified atom stereocenters. The number of hydrogen-bond acceptors (Lipinski definition) is 4. The van der Waals surface area contributed by atoms with Gasteiger partial charge in [-0.3, -0.25) is 0 Å². The summed E-state index contributed by atoms with van der Waals surface area (Å²) >= 11 is 0. The summed E-state index contributed by atoms with van der Waals surface area (Å²) in [6, 6.07) is 2.15. The number of sulfonamides is 1. The quantitative estimate of drug-likeness (QED) is 0.644. The molecular weight excluding hydrogens is 297 g/mol.